The monoisotopic (exact) mass is 629 g/mol. The van der Waals surface area contributed by atoms with Crippen molar-refractivity contribution < 1.29 is 4.39 Å². The van der Waals surface area contributed by atoms with Crippen LogP contribution in [0, 0.1) is 5.82 Å². The molecule has 0 atom stereocenters. The first kappa shape index (κ1) is 28.9. The molecule has 8 aromatic rings. The van der Waals surface area contributed by atoms with Gasteiger partial charge in [0.15, 0.2) is 0 Å². The molecule has 0 saturated carbocycles. The molecule has 2 heteroatoms. The van der Waals surface area contributed by atoms with Crippen molar-refractivity contribution in [2.24, 2.45) is 0 Å². The Morgan fingerprint density at radius 3 is 1.63 bits per heavy atom. The van der Waals surface area contributed by atoms with Crippen LogP contribution in [-0.4, -0.2) is 0 Å². The van der Waals surface area contributed by atoms with Crippen molar-refractivity contribution in [3.63, 3.8) is 0 Å². The number of fused-ring (bicyclic) bond motifs is 5. The summed E-state index contributed by atoms with van der Waals surface area (Å²) >= 11 is 0. The fourth-order valence-corrected chi connectivity index (χ4v) is 8.00. The predicted octanol–water partition coefficient (Wildman–Crippen LogP) is 12.5. The zero-order valence-electron chi connectivity index (χ0n) is 26.8. The van der Waals surface area contributed by atoms with Crippen LogP contribution >= 0.6 is 0 Å². The topological polar surface area (TPSA) is 3.24 Å². The second kappa shape index (κ2) is 11.8. The van der Waals surface area contributed by atoms with Crippen LogP contribution in [0.2, 0.25) is 0 Å². The Bertz CT molecular complexity index is 2400. The van der Waals surface area contributed by atoms with E-state index < -0.39 is 5.41 Å². The first-order chi connectivity index (χ1) is 24.2. The SMILES string of the molecule is Fc1ccc2c(c1)C(c1ccccc1)(c1ccccc1)c1cc(N(c3ccccc3)c3ccccc3-c3ccccc3)c3ccccc3c1-2. The first-order valence-electron chi connectivity index (χ1n) is 16.7. The van der Waals surface area contributed by atoms with Crippen LogP contribution in [0.4, 0.5) is 21.5 Å². The molecule has 0 fully saturated rings. The van der Waals surface area contributed by atoms with Crippen LogP contribution in [0.15, 0.2) is 194 Å². The highest BCUT2D eigenvalue weighted by Gasteiger charge is 2.47. The predicted molar refractivity (Wildman–Crippen MR) is 201 cm³/mol. The van der Waals surface area contributed by atoms with Gasteiger partial charge in [-0.2, -0.15) is 0 Å². The average Bonchev–Trinajstić information content (AvgIpc) is 3.46. The normalized spacial score (nSPS) is 12.8. The highest BCUT2D eigenvalue weighted by atomic mass is 19.1. The Morgan fingerprint density at radius 1 is 0.408 bits per heavy atom. The van der Waals surface area contributed by atoms with Crippen molar-refractivity contribution in [3.8, 4) is 22.3 Å². The minimum absolute atomic E-state index is 0.241. The molecule has 0 radical (unpaired) electrons. The van der Waals surface area contributed by atoms with Crippen LogP contribution in [0.3, 0.4) is 0 Å². The first-order valence-corrected chi connectivity index (χ1v) is 16.7. The maximum atomic E-state index is 15.5. The number of rotatable bonds is 6. The van der Waals surface area contributed by atoms with Crippen molar-refractivity contribution in [1.82, 2.24) is 0 Å². The van der Waals surface area contributed by atoms with E-state index in [1.807, 2.05) is 18.2 Å². The lowest BCUT2D eigenvalue weighted by molar-refractivity contribution is 0.621. The summed E-state index contributed by atoms with van der Waals surface area (Å²) in [6, 6.07) is 67.4. The van der Waals surface area contributed by atoms with E-state index in [0.29, 0.717) is 0 Å². The van der Waals surface area contributed by atoms with Crippen molar-refractivity contribution in [1.29, 1.82) is 0 Å². The minimum atomic E-state index is -0.755. The molecule has 0 aliphatic heterocycles. The highest BCUT2D eigenvalue weighted by molar-refractivity contribution is 6.11. The summed E-state index contributed by atoms with van der Waals surface area (Å²) in [5.74, 6) is -0.241. The molecule has 0 amide bonds. The van der Waals surface area contributed by atoms with E-state index in [1.54, 1.807) is 12.1 Å². The molecule has 0 bridgehead atoms. The van der Waals surface area contributed by atoms with Crippen LogP contribution in [0.25, 0.3) is 33.0 Å². The van der Waals surface area contributed by atoms with E-state index in [-0.39, 0.29) is 5.82 Å². The molecule has 8 aromatic carbocycles. The zero-order chi connectivity index (χ0) is 32.8. The van der Waals surface area contributed by atoms with E-state index in [1.165, 1.54) is 0 Å². The number of hydrogen-bond donors (Lipinski definition) is 0. The van der Waals surface area contributed by atoms with Crippen molar-refractivity contribution in [2.45, 2.75) is 5.41 Å². The molecule has 1 aliphatic carbocycles. The fraction of sp³-hybridized carbons (Fsp3) is 0.0213. The lowest BCUT2D eigenvalue weighted by atomic mass is 9.67. The molecular weight excluding hydrogens is 598 g/mol. The number of anilines is 3. The Hall–Kier alpha value is -6.25. The third-order valence-corrected chi connectivity index (χ3v) is 9.98. The van der Waals surface area contributed by atoms with Gasteiger partial charge in [-0.15, -0.1) is 0 Å². The Kier molecular flexibility index (Phi) is 6.95. The van der Waals surface area contributed by atoms with Gasteiger partial charge < -0.3 is 4.90 Å². The van der Waals surface area contributed by atoms with Gasteiger partial charge in [-0.3, -0.25) is 0 Å². The summed E-state index contributed by atoms with van der Waals surface area (Å²) in [5, 5.41) is 2.26. The molecule has 232 valence electrons. The minimum Gasteiger partial charge on any atom is -0.309 e. The van der Waals surface area contributed by atoms with Crippen LogP contribution < -0.4 is 4.90 Å². The third kappa shape index (κ3) is 4.52. The Balaban J connectivity index is 1.45. The van der Waals surface area contributed by atoms with Gasteiger partial charge in [-0.1, -0.05) is 158 Å². The molecule has 0 spiro atoms. The molecule has 9 rings (SSSR count). The van der Waals surface area contributed by atoms with E-state index in [2.05, 4.69) is 169 Å². The molecular formula is C47H32FN. The summed E-state index contributed by atoms with van der Waals surface area (Å²) < 4.78 is 15.5. The van der Waals surface area contributed by atoms with Gasteiger partial charge in [0.2, 0.25) is 0 Å². The van der Waals surface area contributed by atoms with Gasteiger partial charge in [-0.05, 0) is 80.7 Å². The molecule has 1 aliphatic rings. The molecule has 0 N–H and O–H groups in total. The summed E-state index contributed by atoms with van der Waals surface area (Å²) in [7, 11) is 0. The summed E-state index contributed by atoms with van der Waals surface area (Å²) in [6.45, 7) is 0. The van der Waals surface area contributed by atoms with Gasteiger partial charge in [0.25, 0.3) is 0 Å². The fourth-order valence-electron chi connectivity index (χ4n) is 8.00. The van der Waals surface area contributed by atoms with Crippen LogP contribution in [0.5, 0.6) is 0 Å². The molecule has 1 nitrogen and oxygen atoms in total. The van der Waals surface area contributed by atoms with Crippen LogP contribution in [-0.2, 0) is 5.41 Å². The Morgan fingerprint density at radius 2 is 0.959 bits per heavy atom. The average molecular weight is 630 g/mol. The van der Waals surface area contributed by atoms with Gasteiger partial charge in [0.1, 0.15) is 5.82 Å². The van der Waals surface area contributed by atoms with Gasteiger partial charge in [-0.25, -0.2) is 4.39 Å². The second-order valence-electron chi connectivity index (χ2n) is 12.6. The maximum Gasteiger partial charge on any atom is 0.123 e. The van der Waals surface area contributed by atoms with E-state index in [9.17, 15) is 0 Å². The lowest BCUT2D eigenvalue weighted by Crippen LogP contribution is -2.29. The zero-order valence-corrected chi connectivity index (χ0v) is 26.8. The van der Waals surface area contributed by atoms with Crippen molar-refractivity contribution >= 4 is 27.8 Å². The number of para-hydroxylation sites is 2. The summed E-state index contributed by atoms with van der Waals surface area (Å²) in [4.78, 5) is 2.40. The second-order valence-corrected chi connectivity index (χ2v) is 12.6. The van der Waals surface area contributed by atoms with E-state index in [0.717, 1.165) is 72.3 Å². The quantitative estimate of drug-likeness (QED) is 0.177. The van der Waals surface area contributed by atoms with E-state index >= 15 is 4.39 Å². The standard InChI is InChI=1S/C47H32FN/c48-36-29-30-41-42(31-36)47(34-19-7-2-8-20-34,35-21-9-3-10-22-35)43-32-45(39-26-13-14-27-40(39)46(41)43)49(37-23-11-4-12-24-37)44-28-16-15-25-38(44)33-17-5-1-6-18-33/h1-32H. The van der Waals surface area contributed by atoms with E-state index in [4.69, 9.17) is 0 Å². The molecule has 0 heterocycles. The van der Waals surface area contributed by atoms with Crippen LogP contribution in [0.1, 0.15) is 22.3 Å². The van der Waals surface area contributed by atoms with Crippen molar-refractivity contribution in [2.75, 3.05) is 4.90 Å². The number of benzene rings is 8. The Labute approximate surface area is 286 Å². The molecule has 0 aromatic heterocycles. The smallest absolute Gasteiger partial charge is 0.123 e. The third-order valence-electron chi connectivity index (χ3n) is 9.98. The summed E-state index contributed by atoms with van der Waals surface area (Å²) in [6.07, 6.45) is 0. The van der Waals surface area contributed by atoms with Crippen molar-refractivity contribution in [3.05, 3.63) is 222 Å². The molecule has 0 unspecified atom stereocenters. The lowest BCUT2D eigenvalue weighted by Gasteiger charge is -2.35. The summed E-state index contributed by atoms with van der Waals surface area (Å²) in [5.41, 5.74) is 11.2. The van der Waals surface area contributed by atoms with Gasteiger partial charge in [0, 0.05) is 16.6 Å². The van der Waals surface area contributed by atoms with Gasteiger partial charge in [0.05, 0.1) is 16.8 Å². The molecule has 0 saturated heterocycles. The molecule has 49 heavy (non-hydrogen) atoms. The highest BCUT2D eigenvalue weighted by Crippen LogP contribution is 2.60. The number of nitrogens with zero attached hydrogens (tertiary/aromatic N) is 1. The number of halogens is 1. The maximum absolute atomic E-state index is 15.5. The largest absolute Gasteiger partial charge is 0.309 e. The number of hydrogen-bond acceptors (Lipinski definition) is 1. The van der Waals surface area contributed by atoms with Gasteiger partial charge >= 0.3 is 0 Å².